The van der Waals surface area contributed by atoms with Gasteiger partial charge in [-0.2, -0.15) is 0 Å². The zero-order chi connectivity index (χ0) is 12.5. The van der Waals surface area contributed by atoms with Crippen molar-refractivity contribution in [3.63, 3.8) is 0 Å². The van der Waals surface area contributed by atoms with E-state index in [1.807, 2.05) is 6.07 Å². The Labute approximate surface area is 107 Å². The predicted octanol–water partition coefficient (Wildman–Crippen LogP) is 1.52. The van der Waals surface area contributed by atoms with Gasteiger partial charge in [-0.25, -0.2) is 0 Å². The Balaban J connectivity index is 1.80. The summed E-state index contributed by atoms with van der Waals surface area (Å²) in [6.07, 6.45) is 4.63. The average Bonchev–Trinajstić information content (AvgIpc) is 2.75. The molecule has 2 heterocycles. The molecule has 1 aromatic heterocycles. The molecule has 0 bridgehead atoms. The second kappa shape index (κ2) is 4.86. The number of ether oxygens (including phenoxy) is 1. The predicted molar refractivity (Wildman–Crippen MR) is 69.7 cm³/mol. The Kier molecular flexibility index (Phi) is 3.22. The number of H-pyrrole nitrogens is 1. The summed E-state index contributed by atoms with van der Waals surface area (Å²) in [5, 5.41) is 3.70. The van der Waals surface area contributed by atoms with E-state index < -0.39 is 0 Å². The van der Waals surface area contributed by atoms with Crippen molar-refractivity contribution in [2.45, 2.75) is 50.8 Å². The van der Waals surface area contributed by atoms with Crippen molar-refractivity contribution in [1.29, 1.82) is 0 Å². The maximum Gasteiger partial charge on any atom is 0.248 e. The van der Waals surface area contributed by atoms with Crippen molar-refractivity contribution < 1.29 is 4.74 Å². The van der Waals surface area contributed by atoms with Crippen LogP contribution in [-0.2, 0) is 11.2 Å². The second-order valence-corrected chi connectivity index (χ2v) is 5.34. The second-order valence-electron chi connectivity index (χ2n) is 5.34. The third-order valence-electron chi connectivity index (χ3n) is 4.12. The molecule has 98 valence electrons. The van der Waals surface area contributed by atoms with Crippen LogP contribution in [0.4, 0.5) is 0 Å². The van der Waals surface area contributed by atoms with E-state index in [-0.39, 0.29) is 11.7 Å². The van der Waals surface area contributed by atoms with Gasteiger partial charge < -0.3 is 15.0 Å². The van der Waals surface area contributed by atoms with Crippen LogP contribution in [-0.4, -0.2) is 23.7 Å². The number of pyridine rings is 1. The number of hydrogen-bond donors (Lipinski definition) is 2. The highest BCUT2D eigenvalue weighted by Gasteiger charge is 2.29. The Bertz CT molecular complexity index is 483. The van der Waals surface area contributed by atoms with Crippen LogP contribution in [0.5, 0.6) is 0 Å². The molecular weight excluding hydrogens is 228 g/mol. The van der Waals surface area contributed by atoms with Gasteiger partial charge in [0.15, 0.2) is 0 Å². The number of aromatic amines is 1. The molecule has 18 heavy (non-hydrogen) atoms. The van der Waals surface area contributed by atoms with Crippen LogP contribution in [0.2, 0.25) is 0 Å². The Hall–Kier alpha value is -1.13. The summed E-state index contributed by atoms with van der Waals surface area (Å²) in [5.74, 6) is 0. The first-order valence-electron chi connectivity index (χ1n) is 6.84. The SMILES string of the molecule is CC1OCCC1NC1CCCc2[nH]c(=O)ccc21. The first-order valence-corrected chi connectivity index (χ1v) is 6.84. The Morgan fingerprint density at radius 3 is 3.06 bits per heavy atom. The molecule has 0 aromatic carbocycles. The molecular formula is C14H20N2O2. The summed E-state index contributed by atoms with van der Waals surface area (Å²) in [4.78, 5) is 14.3. The van der Waals surface area contributed by atoms with Crippen LogP contribution in [0.25, 0.3) is 0 Å². The van der Waals surface area contributed by atoms with E-state index in [4.69, 9.17) is 4.74 Å². The van der Waals surface area contributed by atoms with Gasteiger partial charge in [-0.1, -0.05) is 6.07 Å². The third-order valence-corrected chi connectivity index (χ3v) is 4.12. The van der Waals surface area contributed by atoms with Crippen LogP contribution in [0.3, 0.4) is 0 Å². The Morgan fingerprint density at radius 1 is 1.39 bits per heavy atom. The van der Waals surface area contributed by atoms with Gasteiger partial charge in [-0.15, -0.1) is 0 Å². The first-order chi connectivity index (χ1) is 8.74. The first kappa shape index (κ1) is 11.9. The highest BCUT2D eigenvalue weighted by atomic mass is 16.5. The van der Waals surface area contributed by atoms with E-state index in [0.29, 0.717) is 12.1 Å². The lowest BCUT2D eigenvalue weighted by Crippen LogP contribution is -2.39. The van der Waals surface area contributed by atoms with Crippen LogP contribution < -0.4 is 10.9 Å². The summed E-state index contributed by atoms with van der Waals surface area (Å²) >= 11 is 0. The van der Waals surface area contributed by atoms with E-state index in [0.717, 1.165) is 38.0 Å². The fourth-order valence-electron chi connectivity index (χ4n) is 3.08. The van der Waals surface area contributed by atoms with E-state index in [1.54, 1.807) is 6.07 Å². The van der Waals surface area contributed by atoms with Crippen molar-refractivity contribution in [3.05, 3.63) is 33.7 Å². The van der Waals surface area contributed by atoms with Crippen LogP contribution in [0, 0.1) is 0 Å². The molecule has 0 spiro atoms. The number of rotatable bonds is 2. The van der Waals surface area contributed by atoms with Crippen molar-refractivity contribution in [2.75, 3.05) is 6.61 Å². The molecule has 2 N–H and O–H groups in total. The van der Waals surface area contributed by atoms with E-state index in [2.05, 4.69) is 17.2 Å². The van der Waals surface area contributed by atoms with Crippen LogP contribution in [0.15, 0.2) is 16.9 Å². The van der Waals surface area contributed by atoms with Crippen molar-refractivity contribution in [2.24, 2.45) is 0 Å². The average molecular weight is 248 g/mol. The van der Waals surface area contributed by atoms with Crippen molar-refractivity contribution in [1.82, 2.24) is 10.3 Å². The molecule has 0 saturated carbocycles. The van der Waals surface area contributed by atoms with Gasteiger partial charge in [-0.05, 0) is 38.2 Å². The molecule has 2 aliphatic rings. The summed E-state index contributed by atoms with van der Waals surface area (Å²) in [6.45, 7) is 2.98. The lowest BCUT2D eigenvalue weighted by Gasteiger charge is -2.29. The van der Waals surface area contributed by atoms with Gasteiger partial charge >= 0.3 is 0 Å². The molecule has 3 atom stereocenters. The lowest BCUT2D eigenvalue weighted by atomic mass is 9.90. The summed E-state index contributed by atoms with van der Waals surface area (Å²) in [7, 11) is 0. The molecule has 0 radical (unpaired) electrons. The van der Waals surface area contributed by atoms with E-state index in [9.17, 15) is 4.79 Å². The highest BCUT2D eigenvalue weighted by Crippen LogP contribution is 2.29. The number of hydrogen-bond acceptors (Lipinski definition) is 3. The maximum absolute atomic E-state index is 11.3. The lowest BCUT2D eigenvalue weighted by molar-refractivity contribution is 0.110. The molecule has 1 aliphatic carbocycles. The molecule has 1 saturated heterocycles. The summed E-state index contributed by atoms with van der Waals surface area (Å²) in [6, 6.07) is 4.41. The van der Waals surface area contributed by atoms with Crippen molar-refractivity contribution >= 4 is 0 Å². The van der Waals surface area contributed by atoms with E-state index in [1.165, 1.54) is 5.56 Å². The van der Waals surface area contributed by atoms with Gasteiger partial charge in [0.1, 0.15) is 0 Å². The smallest absolute Gasteiger partial charge is 0.248 e. The van der Waals surface area contributed by atoms with Gasteiger partial charge in [0.25, 0.3) is 0 Å². The monoisotopic (exact) mass is 248 g/mol. The summed E-state index contributed by atoms with van der Waals surface area (Å²) in [5.41, 5.74) is 2.38. The van der Waals surface area contributed by atoms with Gasteiger partial charge in [0.05, 0.1) is 6.10 Å². The third kappa shape index (κ3) is 2.22. The van der Waals surface area contributed by atoms with Crippen LogP contribution in [0.1, 0.15) is 43.5 Å². The van der Waals surface area contributed by atoms with E-state index >= 15 is 0 Å². The highest BCUT2D eigenvalue weighted by molar-refractivity contribution is 5.26. The summed E-state index contributed by atoms with van der Waals surface area (Å²) < 4.78 is 5.59. The van der Waals surface area contributed by atoms with Crippen molar-refractivity contribution in [3.8, 4) is 0 Å². The fraction of sp³-hybridized carbons (Fsp3) is 0.643. The minimum absolute atomic E-state index is 0.00645. The number of nitrogens with one attached hydrogen (secondary N) is 2. The van der Waals surface area contributed by atoms with Gasteiger partial charge in [-0.3, -0.25) is 4.79 Å². The number of aromatic nitrogens is 1. The zero-order valence-corrected chi connectivity index (χ0v) is 10.7. The quantitative estimate of drug-likeness (QED) is 0.834. The standard InChI is InChI=1S/C14H20N2O2/c1-9-11(7-8-18-9)15-12-3-2-4-13-10(12)5-6-14(17)16-13/h5-6,9,11-12,15H,2-4,7-8H2,1H3,(H,16,17). The molecule has 1 aliphatic heterocycles. The Morgan fingerprint density at radius 2 is 2.28 bits per heavy atom. The van der Waals surface area contributed by atoms with Gasteiger partial charge in [0, 0.05) is 30.5 Å². The molecule has 1 aromatic rings. The zero-order valence-electron chi connectivity index (χ0n) is 10.7. The normalized spacial score (nSPS) is 31.3. The molecule has 0 amide bonds. The number of fused-ring (bicyclic) bond motifs is 1. The van der Waals surface area contributed by atoms with Gasteiger partial charge in [0.2, 0.25) is 5.56 Å². The largest absolute Gasteiger partial charge is 0.377 e. The maximum atomic E-state index is 11.3. The molecule has 1 fully saturated rings. The minimum atomic E-state index is 0.00645. The molecule has 3 unspecified atom stereocenters. The van der Waals surface area contributed by atoms with Crippen LogP contribution >= 0.6 is 0 Å². The minimum Gasteiger partial charge on any atom is -0.377 e. The molecule has 4 nitrogen and oxygen atoms in total. The topological polar surface area (TPSA) is 54.1 Å². The molecule has 3 rings (SSSR count). The fourth-order valence-corrected chi connectivity index (χ4v) is 3.08. The number of aryl methyl sites for hydroxylation is 1. The molecule has 4 heteroatoms.